The molecular weight excluding hydrogens is 592 g/mol. The van der Waals surface area contributed by atoms with Gasteiger partial charge in [-0.15, -0.1) is 0 Å². The fourth-order valence-electron chi connectivity index (χ4n) is 5.72. The number of esters is 1. The third-order valence-electron chi connectivity index (χ3n) is 8.13. The van der Waals surface area contributed by atoms with E-state index in [4.69, 9.17) is 30.8 Å². The number of amides is 1. The maximum absolute atomic E-state index is 13.0. The van der Waals surface area contributed by atoms with Crippen molar-refractivity contribution in [1.82, 2.24) is 10.3 Å². The second-order valence-electron chi connectivity index (χ2n) is 11.8. The molecule has 2 aromatic carbocycles. The first-order valence-corrected chi connectivity index (χ1v) is 15.9. The highest BCUT2D eigenvalue weighted by Crippen LogP contribution is 2.36. The zero-order valence-corrected chi connectivity index (χ0v) is 27.7. The minimum absolute atomic E-state index is 0.0234. The molecule has 2 aliphatic rings. The SMILES string of the molecule is COC(=O)CNC1CCC(CN(C)c2ccc(N3Cc4cc(OC(C)C)c(OC)cc4CC3=O)cn2)CC1.Clc1ccccc1. The standard InChI is InChI=1S/C29H40N4O5.C6H5Cl/c1-19(2)38-26-13-22-18-33(28(34)14-21(22)12-25(26)36-4)24-10-11-27(31-15-24)32(3)17-20-6-8-23(9-7-20)30-16-29(35)37-5;7-6-4-2-1-3-5-6/h10-13,15,19-20,23,30H,6-9,14,16-18H2,1-5H3;1-5H. The van der Waals surface area contributed by atoms with Gasteiger partial charge in [0, 0.05) is 24.7 Å². The molecule has 1 aliphatic heterocycles. The lowest BCUT2D eigenvalue weighted by atomic mass is 9.85. The van der Waals surface area contributed by atoms with Gasteiger partial charge in [-0.25, -0.2) is 4.98 Å². The van der Waals surface area contributed by atoms with E-state index in [1.807, 2.05) is 68.4 Å². The summed E-state index contributed by atoms with van der Waals surface area (Å²) in [4.78, 5) is 33.0. The molecule has 1 fully saturated rings. The number of anilines is 2. The Morgan fingerprint density at radius 3 is 2.33 bits per heavy atom. The first-order valence-electron chi connectivity index (χ1n) is 15.5. The zero-order valence-electron chi connectivity index (χ0n) is 26.9. The number of methoxy groups -OCH3 is 2. The van der Waals surface area contributed by atoms with Crippen molar-refractivity contribution in [1.29, 1.82) is 0 Å². The quantitative estimate of drug-likeness (QED) is 0.268. The number of pyridine rings is 1. The summed E-state index contributed by atoms with van der Waals surface area (Å²) in [7, 11) is 5.10. The largest absolute Gasteiger partial charge is 0.493 e. The third-order valence-corrected chi connectivity index (χ3v) is 8.38. The molecule has 0 spiro atoms. The second kappa shape index (κ2) is 16.5. The monoisotopic (exact) mass is 636 g/mol. The molecule has 1 saturated carbocycles. The summed E-state index contributed by atoms with van der Waals surface area (Å²) in [5.41, 5.74) is 2.81. The highest BCUT2D eigenvalue weighted by atomic mass is 35.5. The number of carbonyl (C=O) groups excluding carboxylic acids is 2. The third kappa shape index (κ3) is 9.83. The zero-order chi connectivity index (χ0) is 32.3. The fourth-order valence-corrected chi connectivity index (χ4v) is 5.87. The molecule has 1 aliphatic carbocycles. The van der Waals surface area contributed by atoms with E-state index < -0.39 is 0 Å². The molecule has 242 valence electrons. The molecule has 9 nitrogen and oxygen atoms in total. The maximum Gasteiger partial charge on any atom is 0.319 e. The lowest BCUT2D eigenvalue weighted by Crippen LogP contribution is -2.39. The van der Waals surface area contributed by atoms with E-state index in [2.05, 4.69) is 17.3 Å². The van der Waals surface area contributed by atoms with E-state index >= 15 is 0 Å². The van der Waals surface area contributed by atoms with Crippen LogP contribution in [0.3, 0.4) is 0 Å². The second-order valence-corrected chi connectivity index (χ2v) is 12.3. The summed E-state index contributed by atoms with van der Waals surface area (Å²) in [6.07, 6.45) is 6.44. The maximum atomic E-state index is 13.0. The van der Waals surface area contributed by atoms with Gasteiger partial charge in [0.1, 0.15) is 5.82 Å². The molecule has 10 heteroatoms. The number of carbonyl (C=O) groups is 2. The van der Waals surface area contributed by atoms with Gasteiger partial charge in [-0.1, -0.05) is 29.8 Å². The molecular formula is C35H45ClN4O5. The Bertz CT molecular complexity index is 1400. The minimum Gasteiger partial charge on any atom is -0.493 e. The Morgan fingerprint density at radius 1 is 1.04 bits per heavy atom. The molecule has 1 aromatic heterocycles. The van der Waals surface area contributed by atoms with E-state index in [9.17, 15) is 9.59 Å². The highest BCUT2D eigenvalue weighted by Gasteiger charge is 2.27. The minimum atomic E-state index is -0.220. The van der Waals surface area contributed by atoms with E-state index in [0.29, 0.717) is 36.4 Å². The van der Waals surface area contributed by atoms with E-state index in [1.54, 1.807) is 18.2 Å². The van der Waals surface area contributed by atoms with Gasteiger partial charge in [0.05, 0.1) is 51.7 Å². The van der Waals surface area contributed by atoms with Crippen molar-refractivity contribution in [3.63, 3.8) is 0 Å². The number of hydrogen-bond donors (Lipinski definition) is 1. The number of nitrogens with zero attached hydrogens (tertiary/aromatic N) is 3. The van der Waals surface area contributed by atoms with Crippen LogP contribution in [0.25, 0.3) is 0 Å². The van der Waals surface area contributed by atoms with Crippen LogP contribution in [0.2, 0.25) is 5.02 Å². The lowest BCUT2D eigenvalue weighted by molar-refractivity contribution is -0.139. The first kappa shape index (κ1) is 34.1. The highest BCUT2D eigenvalue weighted by molar-refractivity contribution is 6.30. The molecule has 2 heterocycles. The number of fused-ring (bicyclic) bond motifs is 1. The average Bonchev–Trinajstić information content (AvgIpc) is 3.04. The van der Waals surface area contributed by atoms with Crippen LogP contribution >= 0.6 is 11.6 Å². The summed E-state index contributed by atoms with van der Waals surface area (Å²) >= 11 is 5.54. The van der Waals surface area contributed by atoms with Gasteiger partial charge in [-0.3, -0.25) is 9.59 Å². The van der Waals surface area contributed by atoms with Crippen LogP contribution < -0.4 is 24.6 Å². The summed E-state index contributed by atoms with van der Waals surface area (Å²) in [6, 6.07) is 17.7. The Balaban J connectivity index is 0.000000580. The summed E-state index contributed by atoms with van der Waals surface area (Å²) in [6.45, 7) is 5.63. The molecule has 3 aromatic rings. The number of aromatic nitrogens is 1. The number of ether oxygens (including phenoxy) is 3. The van der Waals surface area contributed by atoms with E-state index in [1.165, 1.54) is 7.11 Å². The van der Waals surface area contributed by atoms with Crippen molar-refractivity contribution in [3.05, 3.63) is 76.9 Å². The van der Waals surface area contributed by atoms with Crippen molar-refractivity contribution in [2.45, 2.75) is 64.6 Å². The van der Waals surface area contributed by atoms with Crippen molar-refractivity contribution >= 4 is 35.0 Å². The van der Waals surface area contributed by atoms with Gasteiger partial charge < -0.3 is 29.3 Å². The molecule has 0 saturated heterocycles. The summed E-state index contributed by atoms with van der Waals surface area (Å²) in [5, 5.41) is 4.09. The Kier molecular flexibility index (Phi) is 12.5. The Morgan fingerprint density at radius 2 is 1.76 bits per heavy atom. The van der Waals surface area contributed by atoms with Crippen LogP contribution in [0.4, 0.5) is 11.5 Å². The van der Waals surface area contributed by atoms with Crippen molar-refractivity contribution in [2.24, 2.45) is 5.92 Å². The first-order chi connectivity index (χ1) is 21.7. The molecule has 0 unspecified atom stereocenters. The van der Waals surface area contributed by atoms with E-state index in [0.717, 1.165) is 59.9 Å². The van der Waals surface area contributed by atoms with Gasteiger partial charge in [0.15, 0.2) is 11.5 Å². The molecule has 45 heavy (non-hydrogen) atoms. The lowest BCUT2D eigenvalue weighted by Gasteiger charge is -2.32. The molecule has 0 atom stereocenters. The normalized spacial score (nSPS) is 17.6. The van der Waals surface area contributed by atoms with Crippen molar-refractivity contribution in [2.75, 3.05) is 44.2 Å². The van der Waals surface area contributed by atoms with Gasteiger partial charge >= 0.3 is 5.97 Å². The summed E-state index contributed by atoms with van der Waals surface area (Å²) in [5.74, 6) is 2.64. The number of halogens is 1. The summed E-state index contributed by atoms with van der Waals surface area (Å²) < 4.78 is 16.1. The molecule has 0 radical (unpaired) electrons. The number of nitrogens with one attached hydrogen (secondary N) is 1. The topological polar surface area (TPSA) is 93.2 Å². The Labute approximate surface area is 271 Å². The smallest absolute Gasteiger partial charge is 0.319 e. The number of hydrogen-bond acceptors (Lipinski definition) is 8. The van der Waals surface area contributed by atoms with E-state index in [-0.39, 0.29) is 24.5 Å². The van der Waals surface area contributed by atoms with Crippen molar-refractivity contribution in [3.8, 4) is 11.5 Å². The van der Waals surface area contributed by atoms with Crippen LogP contribution in [0, 0.1) is 5.92 Å². The predicted molar refractivity (Wildman–Crippen MR) is 178 cm³/mol. The Hall–Kier alpha value is -3.82. The van der Waals surface area contributed by atoms with Crippen LogP contribution in [0.15, 0.2) is 60.8 Å². The van der Waals surface area contributed by atoms with Crippen LogP contribution in [-0.4, -0.2) is 63.4 Å². The molecule has 1 amide bonds. The number of rotatable bonds is 10. The molecule has 5 rings (SSSR count). The fraction of sp³-hybridized carbons (Fsp3) is 0.457. The molecule has 0 bridgehead atoms. The van der Waals surface area contributed by atoms with Gasteiger partial charge in [0.25, 0.3) is 0 Å². The van der Waals surface area contributed by atoms with Gasteiger partial charge in [0.2, 0.25) is 5.91 Å². The molecule has 1 N–H and O–H groups in total. The van der Waals surface area contributed by atoms with Crippen LogP contribution in [0.5, 0.6) is 11.5 Å². The van der Waals surface area contributed by atoms with Gasteiger partial charge in [-0.2, -0.15) is 0 Å². The number of benzene rings is 2. The van der Waals surface area contributed by atoms with Gasteiger partial charge in [-0.05, 0) is 93.0 Å². The average molecular weight is 637 g/mol. The van der Waals surface area contributed by atoms with Crippen molar-refractivity contribution < 1.29 is 23.8 Å². The van der Waals surface area contributed by atoms with Crippen LogP contribution in [0.1, 0.15) is 50.7 Å². The van der Waals surface area contributed by atoms with Crippen LogP contribution in [-0.2, 0) is 27.3 Å². The predicted octanol–water partition coefficient (Wildman–Crippen LogP) is 6.06.